The zero-order valence-corrected chi connectivity index (χ0v) is 13.0. The van der Waals surface area contributed by atoms with Crippen LogP contribution in [0.15, 0.2) is 35.9 Å². The Morgan fingerprint density at radius 1 is 1.00 bits per heavy atom. The molecule has 0 spiro atoms. The lowest BCUT2D eigenvalue weighted by atomic mass is 9.88. The van der Waals surface area contributed by atoms with Crippen molar-refractivity contribution in [1.82, 2.24) is 0 Å². The highest BCUT2D eigenvalue weighted by Gasteiger charge is 2.16. The van der Waals surface area contributed by atoms with Gasteiger partial charge < -0.3 is 0 Å². The molecule has 22 heavy (non-hydrogen) atoms. The molecular formula is C19H23F3. The second-order valence-corrected chi connectivity index (χ2v) is 5.94. The molecule has 0 amide bonds. The molecule has 1 aromatic rings. The number of allylic oxidation sites excluding steroid dienone is 4. The minimum Gasteiger partial charge on any atom is -0.204 e. The van der Waals surface area contributed by atoms with E-state index in [1.54, 1.807) is 0 Å². The quantitative estimate of drug-likeness (QED) is 0.402. The molecule has 0 bridgehead atoms. The highest BCUT2D eigenvalue weighted by molar-refractivity contribution is 5.33. The van der Waals surface area contributed by atoms with E-state index < -0.39 is 17.5 Å². The minimum absolute atomic E-state index is 0.0755. The van der Waals surface area contributed by atoms with Crippen LogP contribution in [-0.2, 0) is 0 Å². The van der Waals surface area contributed by atoms with Crippen LogP contribution in [0.1, 0.15) is 63.4 Å². The lowest BCUT2D eigenvalue weighted by Gasteiger charge is -2.17. The number of hydrogen-bond donors (Lipinski definition) is 0. The Bertz CT molecular complexity index is 535. The molecule has 1 aliphatic carbocycles. The van der Waals surface area contributed by atoms with Crippen LogP contribution in [0.25, 0.3) is 0 Å². The van der Waals surface area contributed by atoms with E-state index in [2.05, 4.69) is 13.0 Å². The summed E-state index contributed by atoms with van der Waals surface area (Å²) < 4.78 is 39.6. The molecule has 0 saturated heterocycles. The van der Waals surface area contributed by atoms with Crippen molar-refractivity contribution in [2.24, 2.45) is 0 Å². The van der Waals surface area contributed by atoms with Crippen molar-refractivity contribution in [2.75, 3.05) is 0 Å². The Balaban J connectivity index is 1.88. The maximum absolute atomic E-state index is 13.3. The van der Waals surface area contributed by atoms with Crippen LogP contribution in [0.5, 0.6) is 0 Å². The van der Waals surface area contributed by atoms with E-state index in [0.29, 0.717) is 12.0 Å². The maximum atomic E-state index is 13.3. The standard InChI is InChI=1S/C19H23F3/c1-2-3-4-5-6-7-14-8-10-15(11-9-14)16-12-17(20)19(22)18(21)13-16/h8-10,12-13,15H,2-7,11H2,1H3. The smallest absolute Gasteiger partial charge is 0.194 e. The second-order valence-electron chi connectivity index (χ2n) is 5.94. The van der Waals surface area contributed by atoms with E-state index in [-0.39, 0.29) is 5.92 Å². The fourth-order valence-corrected chi connectivity index (χ4v) is 2.82. The van der Waals surface area contributed by atoms with Crippen molar-refractivity contribution >= 4 is 0 Å². The lowest BCUT2D eigenvalue weighted by Crippen LogP contribution is -2.02. The van der Waals surface area contributed by atoms with Crippen LogP contribution in [0.2, 0.25) is 0 Å². The van der Waals surface area contributed by atoms with Gasteiger partial charge in [-0.1, -0.05) is 56.4 Å². The molecule has 2 rings (SSSR count). The van der Waals surface area contributed by atoms with Crippen molar-refractivity contribution in [1.29, 1.82) is 0 Å². The molecule has 0 aliphatic heterocycles. The average molecular weight is 308 g/mol. The first-order valence-corrected chi connectivity index (χ1v) is 8.13. The van der Waals surface area contributed by atoms with E-state index in [1.165, 1.54) is 37.7 Å². The molecule has 0 N–H and O–H groups in total. The molecule has 0 fully saturated rings. The largest absolute Gasteiger partial charge is 0.204 e. The number of benzene rings is 1. The third kappa shape index (κ3) is 4.49. The highest BCUT2D eigenvalue weighted by Crippen LogP contribution is 2.30. The molecule has 0 aromatic heterocycles. The Kier molecular flexibility index (Phi) is 6.29. The molecule has 3 heteroatoms. The van der Waals surface area contributed by atoms with E-state index in [4.69, 9.17) is 0 Å². The monoisotopic (exact) mass is 308 g/mol. The number of rotatable bonds is 7. The molecule has 120 valence electrons. The fraction of sp³-hybridized carbons (Fsp3) is 0.474. The Hall–Kier alpha value is -1.51. The van der Waals surface area contributed by atoms with E-state index in [0.717, 1.165) is 18.6 Å². The molecule has 1 aromatic carbocycles. The molecule has 0 saturated carbocycles. The van der Waals surface area contributed by atoms with Gasteiger partial charge in [0.05, 0.1) is 0 Å². The van der Waals surface area contributed by atoms with Gasteiger partial charge in [-0.05, 0) is 37.0 Å². The summed E-state index contributed by atoms with van der Waals surface area (Å²) in [6.07, 6.45) is 14.1. The molecule has 1 aliphatic rings. The zero-order chi connectivity index (χ0) is 15.9. The summed E-state index contributed by atoms with van der Waals surface area (Å²) in [6, 6.07) is 2.19. The SMILES string of the molecule is CCCCCCCC1=CCC(c2cc(F)c(F)c(F)c2)C=C1. The van der Waals surface area contributed by atoms with Gasteiger partial charge in [0.15, 0.2) is 17.5 Å². The van der Waals surface area contributed by atoms with Gasteiger partial charge in [-0.3, -0.25) is 0 Å². The summed E-state index contributed by atoms with van der Waals surface area (Å²) in [5.74, 6) is -3.71. The van der Waals surface area contributed by atoms with Crippen molar-refractivity contribution in [3.63, 3.8) is 0 Å². The van der Waals surface area contributed by atoms with Crippen LogP contribution in [0, 0.1) is 17.5 Å². The first-order chi connectivity index (χ1) is 10.6. The molecule has 1 atom stereocenters. The number of halogens is 3. The molecule has 0 nitrogen and oxygen atoms in total. The Morgan fingerprint density at radius 3 is 2.27 bits per heavy atom. The summed E-state index contributed by atoms with van der Waals surface area (Å²) >= 11 is 0. The minimum atomic E-state index is -1.40. The van der Waals surface area contributed by atoms with Crippen LogP contribution in [0.3, 0.4) is 0 Å². The van der Waals surface area contributed by atoms with Crippen LogP contribution in [-0.4, -0.2) is 0 Å². The summed E-state index contributed by atoms with van der Waals surface area (Å²) in [5, 5.41) is 0. The fourth-order valence-electron chi connectivity index (χ4n) is 2.82. The first-order valence-electron chi connectivity index (χ1n) is 8.13. The van der Waals surface area contributed by atoms with Crippen molar-refractivity contribution in [3.8, 4) is 0 Å². The Morgan fingerprint density at radius 2 is 1.68 bits per heavy atom. The van der Waals surface area contributed by atoms with Gasteiger partial charge in [0.25, 0.3) is 0 Å². The average Bonchev–Trinajstić information content (AvgIpc) is 2.52. The third-order valence-corrected chi connectivity index (χ3v) is 4.18. The predicted octanol–water partition coefficient (Wildman–Crippen LogP) is 6.43. The molecule has 0 radical (unpaired) electrons. The first kappa shape index (κ1) is 16.9. The third-order valence-electron chi connectivity index (χ3n) is 4.18. The van der Waals surface area contributed by atoms with E-state index in [9.17, 15) is 13.2 Å². The van der Waals surface area contributed by atoms with Crippen molar-refractivity contribution in [3.05, 3.63) is 58.9 Å². The maximum Gasteiger partial charge on any atom is 0.194 e. The van der Waals surface area contributed by atoms with Crippen LogP contribution in [0.4, 0.5) is 13.2 Å². The van der Waals surface area contributed by atoms with Gasteiger partial charge in [-0.25, -0.2) is 13.2 Å². The summed E-state index contributed by atoms with van der Waals surface area (Å²) in [4.78, 5) is 0. The number of hydrogen-bond acceptors (Lipinski definition) is 0. The van der Waals surface area contributed by atoms with Gasteiger partial charge in [-0.2, -0.15) is 0 Å². The van der Waals surface area contributed by atoms with Gasteiger partial charge >= 0.3 is 0 Å². The van der Waals surface area contributed by atoms with Gasteiger partial charge in [0.1, 0.15) is 0 Å². The summed E-state index contributed by atoms with van der Waals surface area (Å²) in [7, 11) is 0. The Labute approximate surface area is 130 Å². The molecular weight excluding hydrogens is 285 g/mol. The highest BCUT2D eigenvalue weighted by atomic mass is 19.2. The van der Waals surface area contributed by atoms with Gasteiger partial charge in [0.2, 0.25) is 0 Å². The molecule has 1 unspecified atom stereocenters. The predicted molar refractivity (Wildman–Crippen MR) is 84.3 cm³/mol. The van der Waals surface area contributed by atoms with E-state index in [1.807, 2.05) is 12.2 Å². The summed E-state index contributed by atoms with van der Waals surface area (Å²) in [6.45, 7) is 2.20. The lowest BCUT2D eigenvalue weighted by molar-refractivity contribution is 0.444. The van der Waals surface area contributed by atoms with Gasteiger partial charge in [0, 0.05) is 5.92 Å². The van der Waals surface area contributed by atoms with Crippen molar-refractivity contribution < 1.29 is 13.2 Å². The number of unbranched alkanes of at least 4 members (excludes halogenated alkanes) is 4. The van der Waals surface area contributed by atoms with Crippen LogP contribution >= 0.6 is 0 Å². The molecule has 0 heterocycles. The normalized spacial score (nSPS) is 17.6. The topological polar surface area (TPSA) is 0 Å². The van der Waals surface area contributed by atoms with E-state index >= 15 is 0 Å². The van der Waals surface area contributed by atoms with Crippen LogP contribution < -0.4 is 0 Å². The van der Waals surface area contributed by atoms with Crippen molar-refractivity contribution in [2.45, 2.75) is 57.8 Å². The zero-order valence-electron chi connectivity index (χ0n) is 13.0. The van der Waals surface area contributed by atoms with Gasteiger partial charge in [-0.15, -0.1) is 0 Å². The summed E-state index contributed by atoms with van der Waals surface area (Å²) in [5.41, 5.74) is 1.78. The second kappa shape index (κ2) is 8.21.